The molecule has 2 aromatic carbocycles. The number of nitrogens with one attached hydrogen (secondary N) is 1. The third kappa shape index (κ3) is 3.80. The van der Waals surface area contributed by atoms with Gasteiger partial charge in [-0.2, -0.15) is 5.10 Å². The van der Waals surface area contributed by atoms with Crippen molar-refractivity contribution in [2.24, 2.45) is 5.10 Å². The maximum absolute atomic E-state index is 12.7. The Hall–Kier alpha value is -3.25. The van der Waals surface area contributed by atoms with E-state index >= 15 is 0 Å². The lowest BCUT2D eigenvalue weighted by Gasteiger charge is -2.07. The van der Waals surface area contributed by atoms with E-state index in [2.05, 4.69) is 31.4 Å². The molecule has 0 saturated heterocycles. The van der Waals surface area contributed by atoms with Crippen LogP contribution in [0.3, 0.4) is 0 Å². The van der Waals surface area contributed by atoms with Crippen molar-refractivity contribution >= 4 is 39.0 Å². The molecule has 0 saturated carbocycles. The average Bonchev–Trinajstić information content (AvgIpc) is 3.22. The van der Waals surface area contributed by atoms with Crippen molar-refractivity contribution in [1.82, 2.24) is 10.4 Å². The van der Waals surface area contributed by atoms with Crippen LogP contribution in [0.5, 0.6) is 0 Å². The monoisotopic (exact) mass is 419 g/mol. The Kier molecular flexibility index (Phi) is 4.80. The van der Waals surface area contributed by atoms with Gasteiger partial charge in [0, 0.05) is 9.86 Å². The van der Waals surface area contributed by atoms with Crippen molar-refractivity contribution in [3.63, 3.8) is 0 Å². The van der Waals surface area contributed by atoms with E-state index < -0.39 is 0 Å². The highest BCUT2D eigenvalue weighted by Gasteiger charge is 2.14. The second-order valence-corrected chi connectivity index (χ2v) is 6.72. The van der Waals surface area contributed by atoms with E-state index in [0.717, 1.165) is 15.4 Å². The molecule has 0 aliphatic rings. The molecule has 1 amide bonds. The molecule has 0 aliphatic heterocycles. The van der Waals surface area contributed by atoms with Crippen molar-refractivity contribution < 1.29 is 9.21 Å². The quantitative estimate of drug-likeness (QED) is 0.372. The van der Waals surface area contributed by atoms with E-state index in [9.17, 15) is 4.79 Å². The summed E-state index contributed by atoms with van der Waals surface area (Å²) in [6, 6.07) is 20.4. The van der Waals surface area contributed by atoms with Crippen molar-refractivity contribution in [3.8, 4) is 11.5 Å². The van der Waals surface area contributed by atoms with Gasteiger partial charge in [0.05, 0.1) is 23.6 Å². The number of amides is 1. The number of hydrogen-bond donors (Lipinski definition) is 1. The summed E-state index contributed by atoms with van der Waals surface area (Å²) in [6.07, 6.45) is 3.17. The Labute approximate surface area is 163 Å². The molecule has 2 heterocycles. The minimum atomic E-state index is -0.312. The number of nitrogens with zero attached hydrogens (tertiary/aromatic N) is 2. The molecule has 27 heavy (non-hydrogen) atoms. The van der Waals surface area contributed by atoms with Crippen molar-refractivity contribution in [1.29, 1.82) is 0 Å². The number of benzene rings is 2. The van der Waals surface area contributed by atoms with Gasteiger partial charge in [0.15, 0.2) is 5.76 Å². The summed E-state index contributed by atoms with van der Waals surface area (Å²) in [5, 5.41) is 4.82. The molecule has 4 rings (SSSR count). The predicted molar refractivity (Wildman–Crippen MR) is 109 cm³/mol. The van der Waals surface area contributed by atoms with Crippen LogP contribution in [-0.2, 0) is 0 Å². The van der Waals surface area contributed by atoms with Gasteiger partial charge in [0.25, 0.3) is 5.91 Å². The molecular formula is C21H14BrN3O2. The van der Waals surface area contributed by atoms with Gasteiger partial charge < -0.3 is 4.42 Å². The number of rotatable bonds is 4. The number of aromatic nitrogens is 1. The van der Waals surface area contributed by atoms with Gasteiger partial charge in [-0.25, -0.2) is 10.4 Å². The largest absolute Gasteiger partial charge is 0.463 e. The fourth-order valence-corrected chi connectivity index (χ4v) is 3.14. The van der Waals surface area contributed by atoms with Crippen LogP contribution in [0.2, 0.25) is 0 Å². The fraction of sp³-hybridized carbons (Fsp3) is 0. The highest BCUT2D eigenvalue weighted by molar-refractivity contribution is 9.10. The second-order valence-electron chi connectivity index (χ2n) is 5.80. The van der Waals surface area contributed by atoms with E-state index in [1.54, 1.807) is 24.6 Å². The highest BCUT2D eigenvalue weighted by Crippen LogP contribution is 2.25. The molecule has 1 N–H and O–H groups in total. The van der Waals surface area contributed by atoms with Gasteiger partial charge in [-0.15, -0.1) is 0 Å². The van der Waals surface area contributed by atoms with Crippen molar-refractivity contribution in [2.75, 3.05) is 0 Å². The molecular weight excluding hydrogens is 406 g/mol. The van der Waals surface area contributed by atoms with Gasteiger partial charge in [0.2, 0.25) is 0 Å². The topological polar surface area (TPSA) is 67.5 Å². The standard InChI is InChI=1S/C21H14BrN3O2/c22-15-6-3-5-14(11-15)13-23-25-21(26)17-12-19(20-9-4-10-27-20)24-18-8-2-1-7-16(17)18/h1-13H,(H,25,26)/b23-13+. The average molecular weight is 420 g/mol. The summed E-state index contributed by atoms with van der Waals surface area (Å²) >= 11 is 3.41. The Morgan fingerprint density at radius 2 is 1.96 bits per heavy atom. The predicted octanol–water partition coefficient (Wildman–Crippen LogP) is 5.02. The molecule has 6 heteroatoms. The number of carbonyl (C=O) groups excluding carboxylic acids is 1. The minimum absolute atomic E-state index is 0.312. The summed E-state index contributed by atoms with van der Waals surface area (Å²) in [6.45, 7) is 0. The number of hydrazone groups is 1. The van der Waals surface area contributed by atoms with Crippen LogP contribution in [0.15, 0.2) is 87.0 Å². The van der Waals surface area contributed by atoms with Crippen LogP contribution in [0.4, 0.5) is 0 Å². The molecule has 0 aliphatic carbocycles. The summed E-state index contributed by atoms with van der Waals surface area (Å²) in [7, 11) is 0. The van der Waals surface area contributed by atoms with Gasteiger partial charge in [-0.05, 0) is 42.0 Å². The first-order valence-corrected chi connectivity index (χ1v) is 9.03. The number of para-hydroxylation sites is 1. The molecule has 132 valence electrons. The van der Waals surface area contributed by atoms with E-state index in [1.165, 1.54) is 0 Å². The molecule has 0 fully saturated rings. The Balaban J connectivity index is 1.66. The number of fused-ring (bicyclic) bond motifs is 1. The fourth-order valence-electron chi connectivity index (χ4n) is 2.73. The number of hydrogen-bond acceptors (Lipinski definition) is 4. The van der Waals surface area contributed by atoms with Gasteiger partial charge in [-0.1, -0.05) is 46.3 Å². The maximum Gasteiger partial charge on any atom is 0.272 e. The molecule has 0 radical (unpaired) electrons. The first-order chi connectivity index (χ1) is 13.2. The zero-order valence-corrected chi connectivity index (χ0v) is 15.7. The number of carbonyl (C=O) groups is 1. The van der Waals surface area contributed by atoms with Crippen LogP contribution in [0.25, 0.3) is 22.4 Å². The zero-order valence-electron chi connectivity index (χ0n) is 14.1. The Morgan fingerprint density at radius 3 is 2.78 bits per heavy atom. The third-order valence-corrected chi connectivity index (χ3v) is 4.46. The van der Waals surface area contributed by atoms with Gasteiger partial charge >= 0.3 is 0 Å². The lowest BCUT2D eigenvalue weighted by Crippen LogP contribution is -2.18. The summed E-state index contributed by atoms with van der Waals surface area (Å²) in [4.78, 5) is 17.3. The summed E-state index contributed by atoms with van der Waals surface area (Å²) in [5.74, 6) is 0.292. The molecule has 5 nitrogen and oxygen atoms in total. The molecule has 4 aromatic rings. The first-order valence-electron chi connectivity index (χ1n) is 8.23. The number of halogens is 1. The molecule has 0 atom stereocenters. The highest BCUT2D eigenvalue weighted by atomic mass is 79.9. The second kappa shape index (κ2) is 7.55. The normalized spacial score (nSPS) is 11.1. The summed E-state index contributed by atoms with van der Waals surface area (Å²) in [5.41, 5.74) is 5.26. The van der Waals surface area contributed by atoms with Crippen LogP contribution < -0.4 is 5.43 Å². The SMILES string of the molecule is O=C(N/N=C/c1cccc(Br)c1)c1cc(-c2ccco2)nc2ccccc12. The Bertz CT molecular complexity index is 1140. The minimum Gasteiger partial charge on any atom is -0.463 e. The summed E-state index contributed by atoms with van der Waals surface area (Å²) < 4.78 is 6.37. The molecule has 2 aromatic heterocycles. The first kappa shape index (κ1) is 17.2. The lowest BCUT2D eigenvalue weighted by molar-refractivity contribution is 0.0957. The van der Waals surface area contributed by atoms with Crippen LogP contribution >= 0.6 is 15.9 Å². The van der Waals surface area contributed by atoms with Crippen LogP contribution in [0.1, 0.15) is 15.9 Å². The lowest BCUT2D eigenvalue weighted by atomic mass is 10.1. The smallest absolute Gasteiger partial charge is 0.272 e. The number of furan rings is 1. The molecule has 0 spiro atoms. The van der Waals surface area contributed by atoms with E-state index in [0.29, 0.717) is 22.5 Å². The van der Waals surface area contributed by atoms with Crippen molar-refractivity contribution in [3.05, 3.63) is 88.6 Å². The number of pyridine rings is 1. The molecule has 0 unspecified atom stereocenters. The van der Waals surface area contributed by atoms with Crippen LogP contribution in [-0.4, -0.2) is 17.1 Å². The third-order valence-electron chi connectivity index (χ3n) is 3.96. The molecule has 0 bridgehead atoms. The maximum atomic E-state index is 12.7. The zero-order chi connectivity index (χ0) is 18.6. The van der Waals surface area contributed by atoms with Gasteiger partial charge in [0.1, 0.15) is 5.69 Å². The van der Waals surface area contributed by atoms with E-state index in [-0.39, 0.29) is 5.91 Å². The van der Waals surface area contributed by atoms with Crippen molar-refractivity contribution in [2.45, 2.75) is 0 Å². The van der Waals surface area contributed by atoms with Crippen LogP contribution in [0, 0.1) is 0 Å². The Morgan fingerprint density at radius 1 is 1.07 bits per heavy atom. The van der Waals surface area contributed by atoms with E-state index in [4.69, 9.17) is 4.42 Å². The van der Waals surface area contributed by atoms with Gasteiger partial charge in [-0.3, -0.25) is 4.79 Å². The van der Waals surface area contributed by atoms with E-state index in [1.807, 2.05) is 54.6 Å².